The van der Waals surface area contributed by atoms with Crippen LogP contribution in [0.1, 0.15) is 42.8 Å². The third kappa shape index (κ3) is 4.32. The van der Waals surface area contributed by atoms with Gasteiger partial charge in [0, 0.05) is 32.4 Å². The number of fused-ring (bicyclic) bond motifs is 2. The Hall–Kier alpha value is -3.57. The monoisotopic (exact) mass is 478 g/mol. The number of likely N-dealkylation sites (tertiary alicyclic amines) is 1. The molecule has 1 amide bonds. The molecule has 1 aromatic carbocycles. The second-order valence-electron chi connectivity index (χ2n) is 9.77. The smallest absolute Gasteiger partial charge is 0.223 e. The van der Waals surface area contributed by atoms with E-state index in [1.807, 2.05) is 19.9 Å². The van der Waals surface area contributed by atoms with Crippen molar-refractivity contribution in [1.29, 1.82) is 0 Å². The van der Waals surface area contributed by atoms with E-state index in [2.05, 4.69) is 31.0 Å². The molecule has 5 N–H and O–H groups in total. The van der Waals surface area contributed by atoms with Crippen LogP contribution in [0, 0.1) is 13.8 Å². The highest BCUT2D eigenvalue weighted by atomic mass is 16.3. The second-order valence-corrected chi connectivity index (χ2v) is 9.77. The molecule has 0 spiro atoms. The van der Waals surface area contributed by atoms with Gasteiger partial charge >= 0.3 is 0 Å². The van der Waals surface area contributed by atoms with Gasteiger partial charge in [-0.2, -0.15) is 0 Å². The number of nitrogens with two attached hydrogens (primary N) is 1. The maximum absolute atomic E-state index is 13.3. The second kappa shape index (κ2) is 8.58. The number of amides is 1. The number of aliphatic hydroxyl groups excluding tert-OH is 1. The Bertz CT molecular complexity index is 1410. The van der Waals surface area contributed by atoms with Gasteiger partial charge in [0.05, 0.1) is 35.1 Å². The van der Waals surface area contributed by atoms with Crippen LogP contribution in [0.4, 0.5) is 5.82 Å². The Kier molecular flexibility index (Phi) is 5.68. The topological polar surface area (TPSA) is 159 Å². The largest absolute Gasteiger partial charge is 0.391 e. The number of hydrogen-bond acceptors (Lipinski definition) is 8. The number of aromatic amines is 1. The number of nitrogens with one attached hydrogen (secondary N) is 1. The van der Waals surface area contributed by atoms with Crippen molar-refractivity contribution in [2.45, 2.75) is 57.8 Å². The van der Waals surface area contributed by atoms with Crippen molar-refractivity contribution in [3.05, 3.63) is 41.7 Å². The van der Waals surface area contributed by atoms with Crippen LogP contribution in [0.25, 0.3) is 22.2 Å². The van der Waals surface area contributed by atoms with Gasteiger partial charge in [0.15, 0.2) is 11.5 Å². The van der Waals surface area contributed by atoms with Crippen LogP contribution in [0.15, 0.2) is 24.8 Å². The number of nitrogen functional groups attached to an aromatic ring is 1. The van der Waals surface area contributed by atoms with E-state index in [-0.39, 0.29) is 37.7 Å². The summed E-state index contributed by atoms with van der Waals surface area (Å²) in [5.74, 6) is 0.860. The van der Waals surface area contributed by atoms with E-state index < -0.39 is 17.7 Å². The predicted molar refractivity (Wildman–Crippen MR) is 130 cm³/mol. The first-order chi connectivity index (χ1) is 16.6. The van der Waals surface area contributed by atoms with E-state index in [0.29, 0.717) is 17.6 Å². The van der Waals surface area contributed by atoms with Gasteiger partial charge in [0.2, 0.25) is 5.91 Å². The number of rotatable bonds is 4. The van der Waals surface area contributed by atoms with E-state index in [4.69, 9.17) is 5.73 Å². The van der Waals surface area contributed by atoms with Gasteiger partial charge in [0.25, 0.3) is 0 Å². The van der Waals surface area contributed by atoms with Gasteiger partial charge in [-0.1, -0.05) is 6.07 Å². The number of anilines is 1. The predicted octanol–water partition coefficient (Wildman–Crippen LogP) is 1.42. The molecule has 0 bridgehead atoms. The Morgan fingerprint density at radius 3 is 2.83 bits per heavy atom. The maximum Gasteiger partial charge on any atom is 0.223 e. The molecule has 184 valence electrons. The maximum atomic E-state index is 13.3. The first-order valence-corrected chi connectivity index (χ1v) is 11.7. The van der Waals surface area contributed by atoms with Crippen molar-refractivity contribution in [1.82, 2.24) is 34.4 Å². The molecule has 11 heteroatoms. The van der Waals surface area contributed by atoms with E-state index >= 15 is 0 Å². The number of aliphatic hydroxyl groups is 2. The number of aromatic nitrogens is 6. The normalized spacial score (nSPS) is 23.2. The molecule has 3 atom stereocenters. The fraction of sp³-hybridized carbons (Fsp3) is 0.458. The minimum Gasteiger partial charge on any atom is -0.391 e. The summed E-state index contributed by atoms with van der Waals surface area (Å²) in [5.41, 5.74) is 9.63. The number of imidazole rings is 2. The molecular weight excluding hydrogens is 448 g/mol. The highest BCUT2D eigenvalue weighted by Gasteiger charge is 2.42. The average Bonchev–Trinajstić information content (AvgIpc) is 3.36. The lowest BCUT2D eigenvalue weighted by atomic mass is 9.91. The van der Waals surface area contributed by atoms with Gasteiger partial charge in [-0.05, 0) is 38.0 Å². The summed E-state index contributed by atoms with van der Waals surface area (Å²) in [6.07, 6.45) is 2.79. The fourth-order valence-corrected chi connectivity index (χ4v) is 5.13. The third-order valence-electron chi connectivity index (χ3n) is 6.81. The summed E-state index contributed by atoms with van der Waals surface area (Å²) in [4.78, 5) is 35.4. The molecule has 4 aromatic rings. The molecule has 1 fully saturated rings. The Balaban J connectivity index is 1.38. The Morgan fingerprint density at radius 1 is 1.23 bits per heavy atom. The zero-order valence-corrected chi connectivity index (χ0v) is 20.1. The molecule has 35 heavy (non-hydrogen) atoms. The van der Waals surface area contributed by atoms with Gasteiger partial charge < -0.3 is 30.4 Å². The lowest BCUT2D eigenvalue weighted by molar-refractivity contribution is -0.132. The molecule has 0 radical (unpaired) electrons. The molecule has 1 aliphatic heterocycles. The van der Waals surface area contributed by atoms with Crippen LogP contribution in [0.5, 0.6) is 0 Å². The zero-order chi connectivity index (χ0) is 24.9. The Morgan fingerprint density at radius 2 is 2.03 bits per heavy atom. The quantitative estimate of drug-likeness (QED) is 0.343. The van der Waals surface area contributed by atoms with Crippen LogP contribution in [-0.2, 0) is 11.2 Å². The molecule has 4 heterocycles. The van der Waals surface area contributed by atoms with E-state index in [9.17, 15) is 15.0 Å². The van der Waals surface area contributed by atoms with Crippen molar-refractivity contribution in [3.8, 4) is 0 Å². The van der Waals surface area contributed by atoms with Crippen molar-refractivity contribution < 1.29 is 15.0 Å². The van der Waals surface area contributed by atoms with Crippen LogP contribution >= 0.6 is 0 Å². The molecule has 0 saturated carbocycles. The van der Waals surface area contributed by atoms with Gasteiger partial charge in [-0.3, -0.25) is 4.79 Å². The Labute approximate surface area is 202 Å². The minimum atomic E-state index is -1.31. The first-order valence-electron chi connectivity index (χ1n) is 11.7. The van der Waals surface area contributed by atoms with Gasteiger partial charge in [-0.15, -0.1) is 0 Å². The van der Waals surface area contributed by atoms with Crippen molar-refractivity contribution in [3.63, 3.8) is 0 Å². The van der Waals surface area contributed by atoms with Gasteiger partial charge in [-0.25, -0.2) is 19.9 Å². The van der Waals surface area contributed by atoms with Crippen LogP contribution in [-0.4, -0.2) is 75.3 Å². The van der Waals surface area contributed by atoms with Crippen molar-refractivity contribution >= 4 is 33.9 Å². The lowest BCUT2D eigenvalue weighted by Crippen LogP contribution is -2.42. The summed E-state index contributed by atoms with van der Waals surface area (Å²) in [6, 6.07) is 3.55. The number of aryl methyl sites for hydroxylation is 3. The summed E-state index contributed by atoms with van der Waals surface area (Å²) < 4.78 is 1.72. The standard InChI is InChI=1S/C24H30N8O3/c1-13-6-14(2)20-16(7-13)29-18(30-20)4-5-19(34)31-9-15(33)8-24(3,35)17(10-31)32-12-28-21-22(25)26-11-27-23(21)32/h6-7,11-12,15,17,33,35H,4-5,8-10H2,1-3H3,(H,29,30)(H2,25,26,27)/t15-,17+,24+/m0/s1. The number of nitrogens with zero attached hydrogens (tertiary/aromatic N) is 6. The van der Waals surface area contributed by atoms with E-state index in [0.717, 1.165) is 28.0 Å². The van der Waals surface area contributed by atoms with Crippen LogP contribution in [0.2, 0.25) is 0 Å². The first kappa shape index (κ1) is 23.2. The van der Waals surface area contributed by atoms with E-state index in [1.54, 1.807) is 22.7 Å². The summed E-state index contributed by atoms with van der Waals surface area (Å²) >= 11 is 0. The molecule has 0 unspecified atom stereocenters. The highest BCUT2D eigenvalue weighted by molar-refractivity contribution is 5.82. The number of benzene rings is 1. The van der Waals surface area contributed by atoms with E-state index in [1.165, 1.54) is 6.33 Å². The molecular formula is C24H30N8O3. The molecule has 11 nitrogen and oxygen atoms in total. The van der Waals surface area contributed by atoms with Crippen molar-refractivity contribution in [2.75, 3.05) is 18.8 Å². The lowest BCUT2D eigenvalue weighted by Gasteiger charge is -2.34. The summed E-state index contributed by atoms with van der Waals surface area (Å²) in [5, 5.41) is 21.9. The number of carbonyl (C=O) groups is 1. The number of H-pyrrole nitrogens is 1. The SMILES string of the molecule is Cc1cc(C)c2nc(CCC(=O)N3C[C@@H](O)C[C@@](C)(O)[C@H](n4cnc5c(N)ncnc54)C3)[nH]c2c1. The summed E-state index contributed by atoms with van der Waals surface area (Å²) in [7, 11) is 0. The van der Waals surface area contributed by atoms with Crippen LogP contribution < -0.4 is 5.73 Å². The van der Waals surface area contributed by atoms with Crippen LogP contribution in [0.3, 0.4) is 0 Å². The highest BCUT2D eigenvalue weighted by Crippen LogP contribution is 2.34. The summed E-state index contributed by atoms with van der Waals surface area (Å²) in [6.45, 7) is 6.04. The number of β-amino-alcohol motifs (C(OH)–C–C–N with tert-alkyl or cyclic N) is 1. The minimum absolute atomic E-state index is 0.101. The third-order valence-corrected chi connectivity index (χ3v) is 6.81. The number of carbonyl (C=O) groups excluding carboxylic acids is 1. The number of hydrogen-bond donors (Lipinski definition) is 4. The molecule has 1 aliphatic rings. The molecule has 0 aliphatic carbocycles. The molecule has 3 aromatic heterocycles. The zero-order valence-electron chi connectivity index (χ0n) is 20.1. The molecule has 1 saturated heterocycles. The molecule has 5 rings (SSSR count). The van der Waals surface area contributed by atoms with Crippen molar-refractivity contribution in [2.24, 2.45) is 0 Å². The van der Waals surface area contributed by atoms with Gasteiger partial charge in [0.1, 0.15) is 17.7 Å². The fourth-order valence-electron chi connectivity index (χ4n) is 5.13. The average molecular weight is 479 g/mol.